The van der Waals surface area contributed by atoms with Crippen LogP contribution in [0.2, 0.25) is 5.02 Å². The van der Waals surface area contributed by atoms with Crippen LogP contribution in [-0.4, -0.2) is 15.3 Å². The van der Waals surface area contributed by atoms with E-state index in [-0.39, 0.29) is 27.4 Å². The van der Waals surface area contributed by atoms with Crippen LogP contribution >= 0.6 is 11.6 Å². The fourth-order valence-electron chi connectivity index (χ4n) is 1.88. The summed E-state index contributed by atoms with van der Waals surface area (Å²) in [6.07, 6.45) is 1.40. The van der Waals surface area contributed by atoms with Crippen LogP contribution in [0.3, 0.4) is 0 Å². The molecule has 0 bridgehead atoms. The second kappa shape index (κ2) is 4.47. The summed E-state index contributed by atoms with van der Waals surface area (Å²) in [5.74, 6) is -0.389. The van der Waals surface area contributed by atoms with Gasteiger partial charge in [-0.15, -0.1) is 0 Å². The third-order valence-electron chi connectivity index (χ3n) is 2.83. The Hall–Kier alpha value is -2.21. The first-order valence-corrected chi connectivity index (χ1v) is 5.69. The molecule has 1 aromatic heterocycles. The Bertz CT molecular complexity index is 779. The fourth-order valence-corrected chi connectivity index (χ4v) is 2.11. The number of Topliss-reactive ketones (excluding diaryl/α,β-unsaturated/α-hetero) is 1. The van der Waals surface area contributed by atoms with E-state index in [9.17, 15) is 19.7 Å². The molecule has 0 fully saturated rings. The lowest BCUT2D eigenvalue weighted by molar-refractivity contribution is -0.384. The molecular formula is C12H9ClN2O4. The molecule has 98 valence electrons. The van der Waals surface area contributed by atoms with Crippen molar-refractivity contribution in [1.82, 2.24) is 4.57 Å². The number of carbonyl (C=O) groups excluding carboxylic acids is 1. The summed E-state index contributed by atoms with van der Waals surface area (Å²) >= 11 is 5.80. The number of nitrogens with zero attached hydrogens (tertiary/aromatic N) is 2. The molecule has 0 N–H and O–H groups in total. The van der Waals surface area contributed by atoms with Gasteiger partial charge in [-0.3, -0.25) is 19.7 Å². The van der Waals surface area contributed by atoms with Crippen molar-refractivity contribution in [3.05, 3.63) is 49.3 Å². The van der Waals surface area contributed by atoms with E-state index in [4.69, 9.17) is 11.6 Å². The van der Waals surface area contributed by atoms with Crippen LogP contribution in [0.25, 0.3) is 10.9 Å². The lowest BCUT2D eigenvalue weighted by Crippen LogP contribution is -2.16. The number of fused-ring (bicyclic) bond motifs is 1. The summed E-state index contributed by atoms with van der Waals surface area (Å²) in [6, 6.07) is 2.45. The van der Waals surface area contributed by atoms with Crippen LogP contribution in [0.5, 0.6) is 0 Å². The van der Waals surface area contributed by atoms with Crippen molar-refractivity contribution in [3.63, 3.8) is 0 Å². The van der Waals surface area contributed by atoms with Crippen molar-refractivity contribution >= 4 is 34.0 Å². The highest BCUT2D eigenvalue weighted by Gasteiger charge is 2.18. The van der Waals surface area contributed by atoms with Crippen molar-refractivity contribution in [2.45, 2.75) is 6.92 Å². The van der Waals surface area contributed by atoms with Crippen LogP contribution in [0.4, 0.5) is 5.69 Å². The average molecular weight is 281 g/mol. The third kappa shape index (κ3) is 2.10. The lowest BCUT2D eigenvalue weighted by Gasteiger charge is -2.08. The number of rotatable bonds is 2. The van der Waals surface area contributed by atoms with Crippen molar-refractivity contribution < 1.29 is 9.72 Å². The summed E-state index contributed by atoms with van der Waals surface area (Å²) in [7, 11) is 1.64. The van der Waals surface area contributed by atoms with E-state index in [0.717, 1.165) is 6.07 Å². The molecule has 0 aliphatic carbocycles. The number of pyridine rings is 1. The summed E-state index contributed by atoms with van der Waals surface area (Å²) < 4.78 is 1.54. The molecule has 0 atom stereocenters. The second-order valence-electron chi connectivity index (χ2n) is 4.12. The second-order valence-corrected chi connectivity index (χ2v) is 4.52. The summed E-state index contributed by atoms with van der Waals surface area (Å²) in [4.78, 5) is 33.6. The normalized spacial score (nSPS) is 10.7. The molecule has 0 unspecified atom stereocenters. The molecule has 0 aliphatic heterocycles. The number of carbonyl (C=O) groups is 1. The lowest BCUT2D eigenvalue weighted by atomic mass is 10.1. The van der Waals surface area contributed by atoms with E-state index in [1.54, 1.807) is 11.6 Å². The Balaban J connectivity index is 2.98. The monoisotopic (exact) mass is 280 g/mol. The van der Waals surface area contributed by atoms with Crippen LogP contribution in [0, 0.1) is 10.1 Å². The molecule has 2 aromatic rings. The van der Waals surface area contributed by atoms with Crippen LogP contribution in [0.15, 0.2) is 23.1 Å². The van der Waals surface area contributed by atoms with Gasteiger partial charge in [0, 0.05) is 19.3 Å². The molecule has 0 radical (unpaired) electrons. The third-order valence-corrected chi connectivity index (χ3v) is 3.14. The number of hydrogen-bond acceptors (Lipinski definition) is 4. The van der Waals surface area contributed by atoms with Gasteiger partial charge in [0.05, 0.1) is 21.4 Å². The highest BCUT2D eigenvalue weighted by molar-refractivity contribution is 6.33. The quantitative estimate of drug-likeness (QED) is 0.480. The number of halogens is 1. The van der Waals surface area contributed by atoms with Crippen LogP contribution in [-0.2, 0) is 7.05 Å². The molecule has 0 amide bonds. The minimum Gasteiger partial charge on any atom is -0.350 e. The van der Waals surface area contributed by atoms with Gasteiger partial charge in [-0.05, 0) is 13.0 Å². The molecule has 6 nitrogen and oxygen atoms in total. The number of nitro benzene ring substituents is 1. The van der Waals surface area contributed by atoms with E-state index < -0.39 is 10.4 Å². The Morgan fingerprint density at radius 1 is 1.42 bits per heavy atom. The summed E-state index contributed by atoms with van der Waals surface area (Å²) in [5, 5.41) is 10.9. The maximum Gasteiger partial charge on any atom is 0.288 e. The minimum atomic E-state index is -0.665. The van der Waals surface area contributed by atoms with Gasteiger partial charge in [0.2, 0.25) is 0 Å². The van der Waals surface area contributed by atoms with Gasteiger partial charge in [-0.2, -0.15) is 0 Å². The van der Waals surface area contributed by atoms with E-state index in [1.165, 1.54) is 19.2 Å². The van der Waals surface area contributed by atoms with E-state index in [0.29, 0.717) is 5.52 Å². The molecular weight excluding hydrogens is 272 g/mol. The van der Waals surface area contributed by atoms with E-state index in [2.05, 4.69) is 0 Å². The summed E-state index contributed by atoms with van der Waals surface area (Å²) in [5.41, 5.74) is -0.454. The average Bonchev–Trinajstić information content (AvgIpc) is 2.32. The molecule has 1 heterocycles. The number of ketones is 1. The SMILES string of the molecule is CC(=O)c1cn(C)c2cc(Cl)c([N+](=O)[O-])cc2c1=O. The van der Waals surface area contributed by atoms with Gasteiger partial charge < -0.3 is 4.57 Å². The fraction of sp³-hybridized carbons (Fsp3) is 0.167. The highest BCUT2D eigenvalue weighted by Crippen LogP contribution is 2.28. The van der Waals surface area contributed by atoms with Crippen LogP contribution < -0.4 is 5.43 Å². The van der Waals surface area contributed by atoms with Gasteiger partial charge in [-0.25, -0.2) is 0 Å². The van der Waals surface area contributed by atoms with Crippen LogP contribution in [0.1, 0.15) is 17.3 Å². The molecule has 0 aliphatic rings. The zero-order valence-corrected chi connectivity index (χ0v) is 10.9. The Morgan fingerprint density at radius 2 is 2.05 bits per heavy atom. The molecule has 2 rings (SSSR count). The first-order valence-electron chi connectivity index (χ1n) is 5.31. The van der Waals surface area contributed by atoms with Crippen molar-refractivity contribution in [2.75, 3.05) is 0 Å². The zero-order chi connectivity index (χ0) is 14.3. The molecule has 0 saturated heterocycles. The maximum absolute atomic E-state index is 12.1. The van der Waals surface area contributed by atoms with Gasteiger partial charge in [0.1, 0.15) is 5.02 Å². The standard InChI is InChI=1S/C12H9ClN2O4/c1-6(16)8-5-14(2)10-4-9(13)11(15(18)19)3-7(10)12(8)17/h3-5H,1-2H3. The Kier molecular flexibility index (Phi) is 3.11. The molecule has 1 aromatic carbocycles. The first-order chi connectivity index (χ1) is 8.82. The van der Waals surface area contributed by atoms with Gasteiger partial charge in [-0.1, -0.05) is 11.6 Å². The van der Waals surface area contributed by atoms with Crippen molar-refractivity contribution in [3.8, 4) is 0 Å². The molecule has 7 heteroatoms. The maximum atomic E-state index is 12.1. The minimum absolute atomic E-state index is 0.00776. The number of aromatic nitrogens is 1. The number of benzene rings is 1. The number of nitro groups is 1. The molecule has 19 heavy (non-hydrogen) atoms. The highest BCUT2D eigenvalue weighted by atomic mass is 35.5. The molecule has 0 spiro atoms. The largest absolute Gasteiger partial charge is 0.350 e. The van der Waals surface area contributed by atoms with Gasteiger partial charge in [0.15, 0.2) is 11.2 Å². The Morgan fingerprint density at radius 3 is 2.58 bits per heavy atom. The van der Waals surface area contributed by atoms with Gasteiger partial charge in [0.25, 0.3) is 5.69 Å². The first kappa shape index (κ1) is 13.2. The number of hydrogen-bond donors (Lipinski definition) is 0. The van der Waals surface area contributed by atoms with E-state index >= 15 is 0 Å². The zero-order valence-electron chi connectivity index (χ0n) is 10.1. The predicted molar refractivity (Wildman–Crippen MR) is 70.9 cm³/mol. The van der Waals surface area contributed by atoms with Gasteiger partial charge >= 0.3 is 0 Å². The predicted octanol–water partition coefficient (Wildman–Crippen LogP) is 2.30. The molecule has 0 saturated carbocycles. The smallest absolute Gasteiger partial charge is 0.288 e. The number of aryl methyl sites for hydroxylation is 1. The Labute approximate surface area is 112 Å². The van der Waals surface area contributed by atoms with Crippen molar-refractivity contribution in [2.24, 2.45) is 7.05 Å². The summed E-state index contributed by atoms with van der Waals surface area (Å²) in [6.45, 7) is 1.27. The van der Waals surface area contributed by atoms with E-state index in [1.807, 2.05) is 0 Å². The van der Waals surface area contributed by atoms with Crippen molar-refractivity contribution in [1.29, 1.82) is 0 Å². The topological polar surface area (TPSA) is 82.2 Å².